The van der Waals surface area contributed by atoms with E-state index in [1.807, 2.05) is 0 Å². The van der Waals surface area contributed by atoms with Crippen LogP contribution in [-0.2, 0) is 9.59 Å². The van der Waals surface area contributed by atoms with Gasteiger partial charge in [-0.3, -0.25) is 14.5 Å². The number of hydrogen-bond donors (Lipinski definition) is 1. The van der Waals surface area contributed by atoms with Gasteiger partial charge >= 0.3 is 0 Å². The van der Waals surface area contributed by atoms with Crippen LogP contribution in [0.5, 0.6) is 5.75 Å². The minimum atomic E-state index is -0.875. The molecule has 3 aromatic rings. The van der Waals surface area contributed by atoms with Crippen molar-refractivity contribution in [2.24, 2.45) is 0 Å². The molecule has 0 aliphatic carbocycles. The Morgan fingerprint density at radius 1 is 0.967 bits per heavy atom. The Balaban J connectivity index is 2.00. The number of anilines is 1. The quantitative estimate of drug-likeness (QED) is 0.368. The third kappa shape index (κ3) is 3.33. The summed E-state index contributed by atoms with van der Waals surface area (Å²) in [5, 5.41) is 11.5. The normalized spacial score (nSPS) is 17.9. The second kappa shape index (κ2) is 8.05. The SMILES string of the molecule is COc1ccccc1[C@H]1C(=C(O)c2ccccc2)C(=O)C(=O)N1c1cccc(Cl)c1. The van der Waals surface area contributed by atoms with E-state index in [2.05, 4.69) is 0 Å². The summed E-state index contributed by atoms with van der Waals surface area (Å²) < 4.78 is 5.49. The molecule has 30 heavy (non-hydrogen) atoms. The van der Waals surface area contributed by atoms with Crippen molar-refractivity contribution in [2.45, 2.75) is 6.04 Å². The molecule has 1 amide bonds. The van der Waals surface area contributed by atoms with E-state index in [1.165, 1.54) is 12.0 Å². The lowest BCUT2D eigenvalue weighted by Crippen LogP contribution is -2.29. The fourth-order valence-corrected chi connectivity index (χ4v) is 3.85. The number of benzene rings is 3. The number of aliphatic hydroxyl groups is 1. The number of ketones is 1. The van der Waals surface area contributed by atoms with Crippen LogP contribution < -0.4 is 9.64 Å². The summed E-state index contributed by atoms with van der Waals surface area (Å²) in [6.45, 7) is 0. The first kappa shape index (κ1) is 19.7. The van der Waals surface area contributed by atoms with Gasteiger partial charge in [-0.05, 0) is 24.3 Å². The molecule has 1 heterocycles. The fourth-order valence-electron chi connectivity index (χ4n) is 3.66. The van der Waals surface area contributed by atoms with Gasteiger partial charge in [-0.2, -0.15) is 0 Å². The van der Waals surface area contributed by atoms with Crippen molar-refractivity contribution in [3.05, 3.63) is 101 Å². The van der Waals surface area contributed by atoms with Gasteiger partial charge in [0.1, 0.15) is 11.5 Å². The zero-order valence-electron chi connectivity index (χ0n) is 16.1. The summed E-state index contributed by atoms with van der Waals surface area (Å²) >= 11 is 6.15. The first-order chi connectivity index (χ1) is 14.5. The topological polar surface area (TPSA) is 66.8 Å². The minimum absolute atomic E-state index is 0.00400. The number of ether oxygens (including phenoxy) is 1. The molecule has 0 unspecified atom stereocenters. The maximum absolute atomic E-state index is 13.1. The van der Waals surface area contributed by atoms with Gasteiger partial charge in [-0.15, -0.1) is 0 Å². The molecule has 1 fully saturated rings. The molecule has 0 aromatic heterocycles. The summed E-state index contributed by atoms with van der Waals surface area (Å²) in [7, 11) is 1.52. The Morgan fingerprint density at radius 2 is 1.67 bits per heavy atom. The monoisotopic (exact) mass is 419 g/mol. The average molecular weight is 420 g/mol. The first-order valence-corrected chi connectivity index (χ1v) is 9.65. The highest BCUT2D eigenvalue weighted by molar-refractivity contribution is 6.51. The number of carbonyl (C=O) groups excluding carboxylic acids is 2. The molecule has 3 aromatic carbocycles. The zero-order valence-corrected chi connectivity index (χ0v) is 16.8. The summed E-state index contributed by atoms with van der Waals surface area (Å²) in [5.74, 6) is -1.26. The molecule has 0 bridgehead atoms. The van der Waals surface area contributed by atoms with Crippen LogP contribution in [0.1, 0.15) is 17.2 Å². The van der Waals surface area contributed by atoms with Gasteiger partial charge in [0.15, 0.2) is 0 Å². The van der Waals surface area contributed by atoms with E-state index in [4.69, 9.17) is 16.3 Å². The van der Waals surface area contributed by atoms with E-state index in [-0.39, 0.29) is 11.3 Å². The number of hydrogen-bond acceptors (Lipinski definition) is 4. The van der Waals surface area contributed by atoms with Crippen molar-refractivity contribution in [1.29, 1.82) is 0 Å². The van der Waals surface area contributed by atoms with E-state index < -0.39 is 17.7 Å². The van der Waals surface area contributed by atoms with Gasteiger partial charge in [-0.1, -0.05) is 66.2 Å². The number of rotatable bonds is 4. The van der Waals surface area contributed by atoms with Crippen LogP contribution in [0.4, 0.5) is 5.69 Å². The maximum atomic E-state index is 13.1. The van der Waals surface area contributed by atoms with E-state index in [0.29, 0.717) is 27.6 Å². The predicted octanol–water partition coefficient (Wildman–Crippen LogP) is 4.97. The lowest BCUT2D eigenvalue weighted by atomic mass is 9.94. The van der Waals surface area contributed by atoms with Crippen molar-refractivity contribution in [3.8, 4) is 5.75 Å². The molecule has 6 heteroatoms. The third-order valence-corrected chi connectivity index (χ3v) is 5.25. The highest BCUT2D eigenvalue weighted by Crippen LogP contribution is 2.45. The predicted molar refractivity (Wildman–Crippen MR) is 116 cm³/mol. The van der Waals surface area contributed by atoms with Crippen LogP contribution >= 0.6 is 11.6 Å². The molecule has 0 radical (unpaired) electrons. The molecule has 5 nitrogen and oxygen atoms in total. The minimum Gasteiger partial charge on any atom is -0.507 e. The molecular formula is C24H18ClNO4. The number of methoxy groups -OCH3 is 1. The third-order valence-electron chi connectivity index (χ3n) is 5.01. The number of para-hydroxylation sites is 1. The van der Waals surface area contributed by atoms with Crippen LogP contribution in [0, 0.1) is 0 Å². The van der Waals surface area contributed by atoms with E-state index in [1.54, 1.807) is 78.9 Å². The highest BCUT2D eigenvalue weighted by Gasteiger charge is 2.47. The van der Waals surface area contributed by atoms with Crippen molar-refractivity contribution in [1.82, 2.24) is 0 Å². The lowest BCUT2D eigenvalue weighted by molar-refractivity contribution is -0.132. The Kier molecular flexibility index (Phi) is 5.29. The van der Waals surface area contributed by atoms with Crippen LogP contribution in [0.25, 0.3) is 5.76 Å². The molecule has 1 aliphatic heterocycles. The van der Waals surface area contributed by atoms with Crippen LogP contribution in [0.3, 0.4) is 0 Å². The smallest absolute Gasteiger partial charge is 0.300 e. The summed E-state index contributed by atoms with van der Waals surface area (Å²) in [5.41, 5.74) is 1.47. The second-order valence-corrected chi connectivity index (χ2v) is 7.19. The Morgan fingerprint density at radius 3 is 2.37 bits per heavy atom. The molecule has 0 spiro atoms. The molecule has 1 saturated heterocycles. The lowest BCUT2D eigenvalue weighted by Gasteiger charge is -2.26. The van der Waals surface area contributed by atoms with Gasteiger partial charge in [0.2, 0.25) is 0 Å². The van der Waals surface area contributed by atoms with Crippen molar-refractivity contribution >= 4 is 34.7 Å². The van der Waals surface area contributed by atoms with E-state index >= 15 is 0 Å². The first-order valence-electron chi connectivity index (χ1n) is 9.28. The number of Topliss-reactive ketones (excluding diaryl/α,β-unsaturated/α-hetero) is 1. The van der Waals surface area contributed by atoms with Crippen molar-refractivity contribution < 1.29 is 19.4 Å². The Hall–Kier alpha value is -3.57. The molecule has 150 valence electrons. The molecule has 4 rings (SSSR count). The molecule has 1 aliphatic rings. The number of carbonyl (C=O) groups is 2. The molecule has 1 atom stereocenters. The van der Waals surface area contributed by atoms with Gasteiger partial charge in [0, 0.05) is 21.8 Å². The summed E-state index contributed by atoms with van der Waals surface area (Å²) in [4.78, 5) is 27.5. The standard InChI is InChI=1S/C24H18ClNO4/c1-30-19-13-6-5-12-18(19)21-20(22(27)15-8-3-2-4-9-15)23(28)24(29)26(21)17-11-7-10-16(25)14-17/h2-14,21,27H,1H3/t21-/m0/s1. The number of aliphatic hydroxyl groups excluding tert-OH is 1. The molecule has 1 N–H and O–H groups in total. The summed E-state index contributed by atoms with van der Waals surface area (Å²) in [6, 6.07) is 21.6. The molecular weight excluding hydrogens is 402 g/mol. The van der Waals surface area contributed by atoms with Crippen LogP contribution in [0.2, 0.25) is 5.02 Å². The Bertz CT molecular complexity index is 1160. The van der Waals surface area contributed by atoms with E-state index in [0.717, 1.165) is 0 Å². The van der Waals surface area contributed by atoms with Gasteiger partial charge in [-0.25, -0.2) is 0 Å². The van der Waals surface area contributed by atoms with Crippen molar-refractivity contribution in [2.75, 3.05) is 12.0 Å². The van der Waals surface area contributed by atoms with Gasteiger partial charge in [0.25, 0.3) is 11.7 Å². The fraction of sp³-hybridized carbons (Fsp3) is 0.0833. The maximum Gasteiger partial charge on any atom is 0.300 e. The number of halogens is 1. The number of nitrogens with zero attached hydrogens (tertiary/aromatic N) is 1. The largest absolute Gasteiger partial charge is 0.507 e. The highest BCUT2D eigenvalue weighted by atomic mass is 35.5. The van der Waals surface area contributed by atoms with E-state index in [9.17, 15) is 14.7 Å². The van der Waals surface area contributed by atoms with Crippen molar-refractivity contribution in [3.63, 3.8) is 0 Å². The van der Waals surface area contributed by atoms with Crippen LogP contribution in [0.15, 0.2) is 84.4 Å². The summed E-state index contributed by atoms with van der Waals surface area (Å²) in [6.07, 6.45) is 0. The Labute approximate surface area is 178 Å². The van der Waals surface area contributed by atoms with Crippen LogP contribution in [-0.4, -0.2) is 23.9 Å². The van der Waals surface area contributed by atoms with Gasteiger partial charge < -0.3 is 9.84 Å². The van der Waals surface area contributed by atoms with Gasteiger partial charge in [0.05, 0.1) is 18.7 Å². The second-order valence-electron chi connectivity index (χ2n) is 6.76. The number of amides is 1. The molecule has 0 saturated carbocycles. The zero-order chi connectivity index (χ0) is 21.3. The average Bonchev–Trinajstić information content (AvgIpc) is 3.04.